The fourth-order valence-electron chi connectivity index (χ4n) is 1.70. The highest BCUT2D eigenvalue weighted by atomic mass is 16.2. The number of rotatable bonds is 2. The molecular weight excluding hydrogens is 168 g/mol. The number of nitrogens with zero attached hydrogens (tertiary/aromatic N) is 2. The Hall–Kier alpha value is -1.06. The lowest BCUT2D eigenvalue weighted by molar-refractivity contribution is -0.140. The van der Waals surface area contributed by atoms with Crippen molar-refractivity contribution >= 4 is 11.8 Å². The van der Waals surface area contributed by atoms with Crippen LogP contribution in [0.15, 0.2) is 0 Å². The van der Waals surface area contributed by atoms with Gasteiger partial charge in [0.1, 0.15) is 0 Å². The molecule has 2 heterocycles. The van der Waals surface area contributed by atoms with E-state index in [2.05, 4.69) is 0 Å². The van der Waals surface area contributed by atoms with Crippen molar-refractivity contribution in [3.8, 4) is 0 Å². The van der Waals surface area contributed by atoms with Crippen LogP contribution in [0.25, 0.3) is 0 Å². The average Bonchev–Trinajstić information content (AvgIpc) is 2.32. The van der Waals surface area contributed by atoms with Crippen LogP contribution < -0.4 is 0 Å². The van der Waals surface area contributed by atoms with Gasteiger partial charge in [-0.2, -0.15) is 0 Å². The molecule has 0 bridgehead atoms. The number of hydrogen-bond acceptors (Lipinski definition) is 2. The molecule has 2 fully saturated rings. The first kappa shape index (κ1) is 8.53. The Labute approximate surface area is 77.5 Å². The summed E-state index contributed by atoms with van der Waals surface area (Å²) in [5, 5.41) is 0. The fourth-order valence-corrected chi connectivity index (χ4v) is 1.70. The molecule has 0 atom stereocenters. The maximum Gasteiger partial charge on any atom is 0.242 e. The van der Waals surface area contributed by atoms with Gasteiger partial charge in [-0.1, -0.05) is 0 Å². The molecule has 0 radical (unpaired) electrons. The summed E-state index contributed by atoms with van der Waals surface area (Å²) in [7, 11) is 0. The van der Waals surface area contributed by atoms with E-state index in [1.54, 1.807) is 4.90 Å². The topological polar surface area (TPSA) is 40.6 Å². The van der Waals surface area contributed by atoms with Gasteiger partial charge in [0.25, 0.3) is 0 Å². The molecule has 2 saturated heterocycles. The number of likely N-dealkylation sites (tertiary alicyclic amines) is 2. The highest BCUT2D eigenvalue weighted by molar-refractivity contribution is 5.86. The second-order valence-electron chi connectivity index (χ2n) is 3.65. The predicted molar refractivity (Wildman–Crippen MR) is 47.0 cm³/mol. The average molecular weight is 182 g/mol. The van der Waals surface area contributed by atoms with Crippen LogP contribution in [0.2, 0.25) is 0 Å². The van der Waals surface area contributed by atoms with Crippen LogP contribution in [0.3, 0.4) is 0 Å². The summed E-state index contributed by atoms with van der Waals surface area (Å²) in [6.45, 7) is 2.82. The molecule has 0 saturated carbocycles. The molecule has 2 amide bonds. The third-order valence-electron chi connectivity index (χ3n) is 2.71. The van der Waals surface area contributed by atoms with Gasteiger partial charge in [0.2, 0.25) is 11.8 Å². The number of carbonyl (C=O) groups is 2. The summed E-state index contributed by atoms with van der Waals surface area (Å²) in [4.78, 5) is 26.1. The maximum atomic E-state index is 11.5. The molecule has 2 aliphatic rings. The van der Waals surface area contributed by atoms with Crippen molar-refractivity contribution in [2.75, 3.05) is 26.2 Å². The summed E-state index contributed by atoms with van der Waals surface area (Å²) in [6, 6.07) is 0. The minimum absolute atomic E-state index is 0.113. The zero-order chi connectivity index (χ0) is 9.26. The zero-order valence-corrected chi connectivity index (χ0v) is 7.66. The second kappa shape index (κ2) is 3.36. The molecular formula is C9H14N2O2. The van der Waals surface area contributed by atoms with Crippen molar-refractivity contribution in [3.05, 3.63) is 0 Å². The first-order chi connectivity index (χ1) is 6.27. The summed E-state index contributed by atoms with van der Waals surface area (Å²) in [6.07, 6.45) is 2.64. The lowest BCUT2D eigenvalue weighted by Crippen LogP contribution is -2.47. The van der Waals surface area contributed by atoms with Crippen molar-refractivity contribution in [2.45, 2.75) is 19.3 Å². The predicted octanol–water partition coefficient (Wildman–Crippen LogP) is -0.159. The quantitative estimate of drug-likeness (QED) is 0.595. The molecule has 4 nitrogen and oxygen atoms in total. The summed E-state index contributed by atoms with van der Waals surface area (Å²) < 4.78 is 0. The Kier molecular flexibility index (Phi) is 2.20. The van der Waals surface area contributed by atoms with Crippen LogP contribution in [-0.4, -0.2) is 47.8 Å². The van der Waals surface area contributed by atoms with Gasteiger partial charge in [0.15, 0.2) is 0 Å². The standard InChI is InChI=1S/C9H14N2O2/c12-8-3-1-4-11(8)7-9(13)10-5-2-6-10/h1-7H2. The number of hydrogen-bond donors (Lipinski definition) is 0. The minimum atomic E-state index is 0.113. The van der Waals surface area contributed by atoms with E-state index in [4.69, 9.17) is 0 Å². The Morgan fingerprint density at radius 1 is 1.23 bits per heavy atom. The number of amides is 2. The van der Waals surface area contributed by atoms with E-state index >= 15 is 0 Å². The van der Waals surface area contributed by atoms with E-state index in [1.165, 1.54) is 0 Å². The summed E-state index contributed by atoms with van der Waals surface area (Å²) in [5.41, 5.74) is 0. The Morgan fingerprint density at radius 2 is 2.00 bits per heavy atom. The molecule has 72 valence electrons. The molecule has 0 aromatic carbocycles. The maximum absolute atomic E-state index is 11.5. The van der Waals surface area contributed by atoms with Crippen molar-refractivity contribution in [2.24, 2.45) is 0 Å². The molecule has 13 heavy (non-hydrogen) atoms. The number of carbonyl (C=O) groups excluding carboxylic acids is 2. The molecule has 4 heteroatoms. The van der Waals surface area contributed by atoms with Gasteiger partial charge in [-0.05, 0) is 12.8 Å². The van der Waals surface area contributed by atoms with Crippen LogP contribution >= 0.6 is 0 Å². The highest BCUT2D eigenvalue weighted by Gasteiger charge is 2.26. The van der Waals surface area contributed by atoms with Crippen molar-refractivity contribution in [3.63, 3.8) is 0 Å². The van der Waals surface area contributed by atoms with Crippen LogP contribution in [0.1, 0.15) is 19.3 Å². The van der Waals surface area contributed by atoms with Crippen molar-refractivity contribution in [1.29, 1.82) is 0 Å². The lowest BCUT2D eigenvalue weighted by Gasteiger charge is -2.32. The molecule has 2 rings (SSSR count). The van der Waals surface area contributed by atoms with Gasteiger partial charge in [-0.25, -0.2) is 0 Å². The molecule has 0 unspecified atom stereocenters. The molecule has 0 spiro atoms. The zero-order valence-electron chi connectivity index (χ0n) is 7.66. The van der Waals surface area contributed by atoms with E-state index in [0.29, 0.717) is 13.0 Å². The SMILES string of the molecule is O=C(CN1CCCC1=O)N1CCC1. The summed E-state index contributed by atoms with van der Waals surface area (Å²) in [5.74, 6) is 0.246. The van der Waals surface area contributed by atoms with E-state index in [9.17, 15) is 9.59 Å². The van der Waals surface area contributed by atoms with E-state index in [1.807, 2.05) is 4.90 Å². The van der Waals surface area contributed by atoms with Crippen molar-refractivity contribution in [1.82, 2.24) is 9.80 Å². The summed E-state index contributed by atoms with van der Waals surface area (Å²) >= 11 is 0. The van der Waals surface area contributed by atoms with Crippen LogP contribution in [0, 0.1) is 0 Å². The van der Waals surface area contributed by atoms with E-state index in [-0.39, 0.29) is 11.8 Å². The fraction of sp³-hybridized carbons (Fsp3) is 0.778. The monoisotopic (exact) mass is 182 g/mol. The lowest BCUT2D eigenvalue weighted by atomic mass is 10.2. The first-order valence-electron chi connectivity index (χ1n) is 4.83. The Bertz CT molecular complexity index is 236. The van der Waals surface area contributed by atoms with Gasteiger partial charge in [-0.15, -0.1) is 0 Å². The Balaban J connectivity index is 1.82. The molecule has 0 aliphatic carbocycles. The third-order valence-corrected chi connectivity index (χ3v) is 2.71. The molecule has 0 aromatic heterocycles. The molecule has 0 aromatic rings. The Morgan fingerprint density at radius 3 is 2.46 bits per heavy atom. The first-order valence-corrected chi connectivity index (χ1v) is 4.83. The minimum Gasteiger partial charge on any atom is -0.341 e. The second-order valence-corrected chi connectivity index (χ2v) is 3.65. The van der Waals surface area contributed by atoms with Crippen LogP contribution in [-0.2, 0) is 9.59 Å². The highest BCUT2D eigenvalue weighted by Crippen LogP contribution is 2.12. The van der Waals surface area contributed by atoms with Crippen molar-refractivity contribution < 1.29 is 9.59 Å². The van der Waals surface area contributed by atoms with E-state index in [0.717, 1.165) is 32.5 Å². The van der Waals surface area contributed by atoms with Gasteiger partial charge >= 0.3 is 0 Å². The largest absolute Gasteiger partial charge is 0.341 e. The smallest absolute Gasteiger partial charge is 0.242 e. The van der Waals surface area contributed by atoms with E-state index < -0.39 is 0 Å². The van der Waals surface area contributed by atoms with Crippen LogP contribution in [0.4, 0.5) is 0 Å². The van der Waals surface area contributed by atoms with Gasteiger partial charge < -0.3 is 9.80 Å². The van der Waals surface area contributed by atoms with Gasteiger partial charge in [0.05, 0.1) is 6.54 Å². The van der Waals surface area contributed by atoms with Crippen LogP contribution in [0.5, 0.6) is 0 Å². The third kappa shape index (κ3) is 1.66. The van der Waals surface area contributed by atoms with Gasteiger partial charge in [0, 0.05) is 26.1 Å². The molecule has 2 aliphatic heterocycles. The molecule has 0 N–H and O–H groups in total. The normalized spacial score (nSPS) is 22.0. The van der Waals surface area contributed by atoms with Gasteiger partial charge in [-0.3, -0.25) is 9.59 Å².